The lowest BCUT2D eigenvalue weighted by Gasteiger charge is -2.23. The highest BCUT2D eigenvalue weighted by atomic mass is 16.5. The van der Waals surface area contributed by atoms with E-state index >= 15 is 0 Å². The Hall–Kier alpha value is -6.78. The third-order valence-corrected chi connectivity index (χ3v) is 10.1. The summed E-state index contributed by atoms with van der Waals surface area (Å²) in [5.41, 5.74) is 6.03. The summed E-state index contributed by atoms with van der Waals surface area (Å²) in [6, 6.07) is 42.9. The van der Waals surface area contributed by atoms with Crippen molar-refractivity contribution in [2.24, 2.45) is 10.2 Å². The lowest BCUT2D eigenvalue weighted by Crippen LogP contribution is -2.29. The minimum Gasteiger partial charge on any atom is -0.506 e. The topological polar surface area (TPSA) is 132 Å². The van der Waals surface area contributed by atoms with E-state index in [1.807, 2.05) is 153 Å². The number of benzene rings is 4. The maximum absolute atomic E-state index is 14.4. The van der Waals surface area contributed by atoms with Crippen molar-refractivity contribution in [2.75, 3.05) is 83.8 Å². The molecule has 7 rings (SSSR count). The number of aliphatic hydroxyl groups excluding tert-OH is 1. The Bertz CT molecular complexity index is 2390. The molecule has 0 spiro atoms. The van der Waals surface area contributed by atoms with Crippen molar-refractivity contribution < 1.29 is 42.9 Å². The number of aliphatic hydroxyl groups is 1. The van der Waals surface area contributed by atoms with Crippen LogP contribution in [0.15, 0.2) is 173 Å². The van der Waals surface area contributed by atoms with Gasteiger partial charge in [0.1, 0.15) is 24.3 Å². The van der Waals surface area contributed by atoms with Crippen molar-refractivity contribution in [2.45, 2.75) is 6.73 Å². The first-order chi connectivity index (χ1) is 31.6. The second-order valence-electron chi connectivity index (χ2n) is 14.3. The fourth-order valence-electron chi connectivity index (χ4n) is 6.91. The molecule has 330 valence electrons. The lowest BCUT2D eigenvalue weighted by molar-refractivity contribution is -0.515. The summed E-state index contributed by atoms with van der Waals surface area (Å²) in [6.45, 7) is 3.22. The van der Waals surface area contributed by atoms with Crippen molar-refractivity contribution in [3.05, 3.63) is 174 Å². The maximum Gasteiger partial charge on any atom is 0.253 e. The van der Waals surface area contributed by atoms with Gasteiger partial charge in [0.25, 0.3) is 6.73 Å². The number of hydrazone groups is 2. The van der Waals surface area contributed by atoms with Crippen LogP contribution >= 0.6 is 0 Å². The van der Waals surface area contributed by atoms with Crippen LogP contribution in [-0.2, 0) is 39.9 Å². The van der Waals surface area contributed by atoms with E-state index in [0.717, 1.165) is 22.7 Å². The standard InChI is InChI=1S/C50H52N6O8/c1-59-27-29-61-31-33-63-37-53-43(35-51-55(39-15-7-3-8-16-39)40-17-9-4-10-18-40)23-25-45(53)47-49(57)48(50(47)58)46-26-24-44(54(46)38-64-34-32-62-30-28-60-2)36-52-56(41-19-11-5-12-20-41)42-21-13-6-14-22-42/h3-26,35-36H,27-34,37-38H2,1-2H3/p+1. The van der Waals surface area contributed by atoms with Crippen molar-refractivity contribution in [1.82, 2.24) is 4.57 Å². The van der Waals surface area contributed by atoms with Gasteiger partial charge in [-0.15, -0.1) is 0 Å². The van der Waals surface area contributed by atoms with Crippen molar-refractivity contribution in [3.63, 3.8) is 0 Å². The molecule has 64 heavy (non-hydrogen) atoms. The molecule has 1 aliphatic carbocycles. The molecular weight excluding hydrogens is 813 g/mol. The molecule has 1 aliphatic heterocycles. The number of nitrogens with zero attached hydrogens (tertiary/aromatic N) is 6. The van der Waals surface area contributed by atoms with Crippen molar-refractivity contribution >= 4 is 52.2 Å². The van der Waals surface area contributed by atoms with Crippen LogP contribution in [0.2, 0.25) is 0 Å². The molecule has 0 unspecified atom stereocenters. The molecule has 4 aromatic carbocycles. The van der Waals surface area contributed by atoms with Gasteiger partial charge in [0.15, 0.2) is 0 Å². The van der Waals surface area contributed by atoms with Crippen LogP contribution in [0.3, 0.4) is 0 Å². The average molecular weight is 866 g/mol. The molecule has 0 fully saturated rings. The number of rotatable bonds is 25. The predicted octanol–water partition coefficient (Wildman–Crippen LogP) is 7.89. The number of para-hydroxylation sites is 4. The summed E-state index contributed by atoms with van der Waals surface area (Å²) in [4.78, 5) is 14.4. The fraction of sp³-hybridized carbons (Fsp3) is 0.240. The second kappa shape index (κ2) is 23.6. The number of hydrogen-bond donors (Lipinski definition) is 1. The number of Topliss-reactive ketones (excluding diaryl/α,β-unsaturated/α-hetero) is 1. The van der Waals surface area contributed by atoms with E-state index in [9.17, 15) is 9.90 Å². The Balaban J connectivity index is 1.22. The molecular formula is C50H53N6O8+. The van der Waals surface area contributed by atoms with Crippen LogP contribution in [-0.4, -0.2) is 112 Å². The molecule has 0 saturated carbocycles. The molecule has 14 heteroatoms. The molecule has 2 aliphatic rings. The maximum atomic E-state index is 14.4. The van der Waals surface area contributed by atoms with Crippen LogP contribution in [0.4, 0.5) is 22.7 Å². The van der Waals surface area contributed by atoms with Gasteiger partial charge < -0.3 is 38.1 Å². The van der Waals surface area contributed by atoms with E-state index in [4.69, 9.17) is 38.6 Å². The number of hydrogen-bond acceptors (Lipinski definition) is 12. The van der Waals surface area contributed by atoms with Gasteiger partial charge in [-0.25, -0.2) is 10.0 Å². The Morgan fingerprint density at radius 3 is 1.53 bits per heavy atom. The molecule has 5 aromatic rings. The molecule has 0 atom stereocenters. The molecule has 1 aromatic heterocycles. The molecule has 0 bridgehead atoms. The monoisotopic (exact) mass is 865 g/mol. The van der Waals surface area contributed by atoms with Gasteiger partial charge in [0.2, 0.25) is 17.2 Å². The minimum absolute atomic E-state index is 0.0595. The summed E-state index contributed by atoms with van der Waals surface area (Å²) in [6.07, 6.45) is 7.08. The van der Waals surface area contributed by atoms with Gasteiger partial charge in [-0.1, -0.05) is 72.8 Å². The molecule has 2 heterocycles. The Morgan fingerprint density at radius 1 is 0.562 bits per heavy atom. The number of ketones is 1. The normalized spacial score (nSPS) is 15.0. The Labute approximate surface area is 373 Å². The van der Waals surface area contributed by atoms with Crippen LogP contribution < -0.4 is 10.0 Å². The zero-order chi connectivity index (χ0) is 44.4. The molecule has 0 saturated heterocycles. The third kappa shape index (κ3) is 11.4. The van der Waals surface area contributed by atoms with E-state index in [1.54, 1.807) is 38.8 Å². The van der Waals surface area contributed by atoms with E-state index < -0.39 is 0 Å². The Kier molecular flexibility index (Phi) is 16.7. The molecule has 0 amide bonds. The van der Waals surface area contributed by atoms with E-state index in [1.165, 1.54) is 0 Å². The zero-order valence-electron chi connectivity index (χ0n) is 36.1. The van der Waals surface area contributed by atoms with Gasteiger partial charge in [-0.3, -0.25) is 4.79 Å². The van der Waals surface area contributed by atoms with Gasteiger partial charge in [-0.05, 0) is 60.7 Å². The number of anilines is 4. The third-order valence-electron chi connectivity index (χ3n) is 10.1. The Morgan fingerprint density at radius 2 is 1.03 bits per heavy atom. The number of allylic oxidation sites excluding steroid dienone is 4. The van der Waals surface area contributed by atoms with Crippen LogP contribution in [0.5, 0.6) is 0 Å². The number of aromatic nitrogens is 1. The first-order valence-electron chi connectivity index (χ1n) is 21.0. The van der Waals surface area contributed by atoms with E-state index in [-0.39, 0.29) is 49.4 Å². The molecule has 14 nitrogen and oxygen atoms in total. The van der Waals surface area contributed by atoms with E-state index in [0.29, 0.717) is 62.4 Å². The average Bonchev–Trinajstić information content (AvgIpc) is 3.92. The first kappa shape index (κ1) is 45.3. The molecule has 0 radical (unpaired) electrons. The summed E-state index contributed by atoms with van der Waals surface area (Å²) in [5, 5.41) is 25.4. The van der Waals surface area contributed by atoms with Crippen molar-refractivity contribution in [1.29, 1.82) is 0 Å². The van der Waals surface area contributed by atoms with Crippen LogP contribution in [0, 0.1) is 0 Å². The quantitative estimate of drug-likeness (QED) is 0.0203. The highest BCUT2D eigenvalue weighted by Crippen LogP contribution is 2.40. The minimum atomic E-state index is -0.334. The summed E-state index contributed by atoms with van der Waals surface area (Å²) in [5.74, 6) is -0.480. The highest BCUT2D eigenvalue weighted by Gasteiger charge is 2.43. The lowest BCUT2D eigenvalue weighted by atomic mass is 9.84. The number of ether oxygens (including phenoxy) is 6. The summed E-state index contributed by atoms with van der Waals surface area (Å²) >= 11 is 0. The smallest absolute Gasteiger partial charge is 0.253 e. The number of methoxy groups -OCH3 is 2. The first-order valence-corrected chi connectivity index (χ1v) is 21.0. The fourth-order valence-corrected chi connectivity index (χ4v) is 6.91. The second-order valence-corrected chi connectivity index (χ2v) is 14.3. The number of carbonyl (C=O) groups is 1. The highest BCUT2D eigenvalue weighted by molar-refractivity contribution is 6.39. The van der Waals surface area contributed by atoms with Crippen molar-refractivity contribution in [3.8, 4) is 0 Å². The molecule has 1 N–H and O–H groups in total. The largest absolute Gasteiger partial charge is 0.506 e. The zero-order valence-corrected chi connectivity index (χ0v) is 36.1. The van der Waals surface area contributed by atoms with Gasteiger partial charge in [-0.2, -0.15) is 14.8 Å². The predicted molar refractivity (Wildman–Crippen MR) is 249 cm³/mol. The van der Waals surface area contributed by atoms with Crippen LogP contribution in [0.25, 0.3) is 5.57 Å². The van der Waals surface area contributed by atoms with Crippen LogP contribution in [0.1, 0.15) is 11.4 Å². The van der Waals surface area contributed by atoms with E-state index in [2.05, 4.69) is 0 Å². The van der Waals surface area contributed by atoms with Gasteiger partial charge >= 0.3 is 0 Å². The summed E-state index contributed by atoms with van der Waals surface area (Å²) < 4.78 is 37.2. The van der Waals surface area contributed by atoms with Gasteiger partial charge in [0, 0.05) is 26.4 Å². The van der Waals surface area contributed by atoms with Gasteiger partial charge in [0.05, 0.1) is 98.8 Å². The number of carbonyl (C=O) groups excluding carboxylic acids is 1. The SMILES string of the molecule is COCCOCCOCn1c(/C=N/N(c2ccccc2)c2ccccc2)ccc1C1=C(O)/C(=C2/C=CC(/C=N/N(c3ccccc3)c3ccccc3)=[N+]2COCCOCCOC)C1=O. The summed E-state index contributed by atoms with van der Waals surface area (Å²) in [7, 11) is 3.24.